The van der Waals surface area contributed by atoms with Gasteiger partial charge in [0.1, 0.15) is 5.75 Å². The Bertz CT molecular complexity index is 358. The first kappa shape index (κ1) is 6.61. The van der Waals surface area contributed by atoms with E-state index in [-0.39, 0.29) is 0 Å². The van der Waals surface area contributed by atoms with Gasteiger partial charge >= 0.3 is 0 Å². The molecule has 0 amide bonds. The minimum Gasteiger partial charge on any atom is -0.508 e. The molecule has 0 aliphatic carbocycles. The number of aromatic nitrogens is 1. The zero-order valence-electron chi connectivity index (χ0n) is 6.03. The normalized spacial score (nSPS) is 10.6. The van der Waals surface area contributed by atoms with Gasteiger partial charge in [-0.3, -0.25) is 0 Å². The Morgan fingerprint density at radius 1 is 1.45 bits per heavy atom. The second kappa shape index (κ2) is 2.20. The van der Waals surface area contributed by atoms with Crippen LogP contribution in [0.5, 0.6) is 5.75 Å². The molecule has 0 radical (unpaired) electrons. The molecular formula is C8H7NOS. The van der Waals surface area contributed by atoms with Gasteiger partial charge in [-0.05, 0) is 24.6 Å². The molecule has 1 heterocycles. The first-order valence-electron chi connectivity index (χ1n) is 3.30. The van der Waals surface area contributed by atoms with Crippen LogP contribution in [-0.2, 0) is 0 Å². The largest absolute Gasteiger partial charge is 0.508 e. The van der Waals surface area contributed by atoms with E-state index in [4.69, 9.17) is 0 Å². The summed E-state index contributed by atoms with van der Waals surface area (Å²) in [6.07, 6.45) is 0. The Morgan fingerprint density at radius 2 is 2.27 bits per heavy atom. The summed E-state index contributed by atoms with van der Waals surface area (Å²) in [7, 11) is 0. The third kappa shape index (κ3) is 0.973. The van der Waals surface area contributed by atoms with Crippen LogP contribution in [-0.4, -0.2) is 10.1 Å². The van der Waals surface area contributed by atoms with Crippen molar-refractivity contribution in [2.24, 2.45) is 0 Å². The smallest absolute Gasteiger partial charge is 0.120 e. The van der Waals surface area contributed by atoms with E-state index < -0.39 is 0 Å². The van der Waals surface area contributed by atoms with Crippen LogP contribution in [0.4, 0.5) is 0 Å². The number of rotatable bonds is 0. The number of fused-ring (bicyclic) bond motifs is 1. The minimum absolute atomic E-state index is 0.349. The van der Waals surface area contributed by atoms with E-state index in [0.717, 1.165) is 15.8 Å². The lowest BCUT2D eigenvalue weighted by Crippen LogP contribution is -1.73. The van der Waals surface area contributed by atoms with Gasteiger partial charge in [0.2, 0.25) is 0 Å². The Balaban J connectivity index is 2.86. The summed E-state index contributed by atoms with van der Waals surface area (Å²) in [5.41, 5.74) is 3.62. The van der Waals surface area contributed by atoms with Crippen LogP contribution in [0, 0.1) is 6.92 Å². The molecule has 56 valence electrons. The molecule has 0 spiro atoms. The first-order valence-corrected chi connectivity index (χ1v) is 4.18. The van der Waals surface area contributed by atoms with E-state index in [9.17, 15) is 5.11 Å². The maximum Gasteiger partial charge on any atom is 0.120 e. The minimum atomic E-state index is 0.349. The third-order valence-electron chi connectivity index (χ3n) is 1.65. The van der Waals surface area contributed by atoms with Crippen LogP contribution in [0.15, 0.2) is 17.6 Å². The van der Waals surface area contributed by atoms with Gasteiger partial charge in [0.15, 0.2) is 0 Å². The van der Waals surface area contributed by atoms with Crippen LogP contribution in [0.3, 0.4) is 0 Å². The van der Waals surface area contributed by atoms with Crippen LogP contribution >= 0.6 is 11.3 Å². The highest BCUT2D eigenvalue weighted by atomic mass is 32.1. The summed E-state index contributed by atoms with van der Waals surface area (Å²) >= 11 is 1.54. The number of benzene rings is 1. The van der Waals surface area contributed by atoms with Gasteiger partial charge in [0.25, 0.3) is 0 Å². The molecule has 2 nitrogen and oxygen atoms in total. The van der Waals surface area contributed by atoms with Crippen LogP contribution in [0.25, 0.3) is 10.2 Å². The van der Waals surface area contributed by atoms with Gasteiger partial charge < -0.3 is 5.11 Å². The van der Waals surface area contributed by atoms with Crippen molar-refractivity contribution in [1.29, 1.82) is 0 Å². The fourth-order valence-electron chi connectivity index (χ4n) is 0.997. The number of hydrogen-bond donors (Lipinski definition) is 1. The molecule has 0 saturated carbocycles. The van der Waals surface area contributed by atoms with Gasteiger partial charge in [0.05, 0.1) is 15.7 Å². The molecule has 0 bridgehead atoms. The number of thiazole rings is 1. The monoisotopic (exact) mass is 165 g/mol. The molecular weight excluding hydrogens is 158 g/mol. The highest BCUT2D eigenvalue weighted by Gasteiger charge is 2.00. The predicted octanol–water partition coefficient (Wildman–Crippen LogP) is 2.31. The zero-order chi connectivity index (χ0) is 7.84. The molecule has 2 rings (SSSR count). The van der Waals surface area contributed by atoms with Crippen molar-refractivity contribution >= 4 is 21.6 Å². The molecule has 2 aromatic rings. The topological polar surface area (TPSA) is 33.1 Å². The molecule has 1 aromatic carbocycles. The van der Waals surface area contributed by atoms with Crippen molar-refractivity contribution in [3.63, 3.8) is 0 Å². The standard InChI is InChI=1S/C8H7NOS/c1-5-2-6-8(3-7(5)10)11-4-9-6/h2-4,10H,1H3. The Kier molecular flexibility index (Phi) is 1.32. The fourth-order valence-corrected chi connectivity index (χ4v) is 1.69. The zero-order valence-corrected chi connectivity index (χ0v) is 6.85. The van der Waals surface area contributed by atoms with E-state index in [1.165, 1.54) is 11.3 Å². The van der Waals surface area contributed by atoms with E-state index in [2.05, 4.69) is 4.98 Å². The summed E-state index contributed by atoms with van der Waals surface area (Å²) < 4.78 is 1.04. The van der Waals surface area contributed by atoms with Crippen molar-refractivity contribution in [1.82, 2.24) is 4.98 Å². The lowest BCUT2D eigenvalue weighted by Gasteiger charge is -1.95. The molecule has 0 unspecified atom stereocenters. The number of phenols is 1. The highest BCUT2D eigenvalue weighted by Crippen LogP contribution is 2.25. The van der Waals surface area contributed by atoms with Gasteiger partial charge in [0, 0.05) is 0 Å². The van der Waals surface area contributed by atoms with Gasteiger partial charge in [-0.2, -0.15) is 0 Å². The maximum atomic E-state index is 9.31. The number of phenolic OH excluding ortho intramolecular Hbond substituents is 1. The number of hydrogen-bond acceptors (Lipinski definition) is 3. The summed E-state index contributed by atoms with van der Waals surface area (Å²) in [5, 5.41) is 9.31. The van der Waals surface area contributed by atoms with Gasteiger partial charge in [-0.15, -0.1) is 11.3 Å². The van der Waals surface area contributed by atoms with E-state index in [1.54, 1.807) is 11.6 Å². The molecule has 1 aromatic heterocycles. The highest BCUT2D eigenvalue weighted by molar-refractivity contribution is 7.16. The number of aromatic hydroxyl groups is 1. The average molecular weight is 165 g/mol. The second-order valence-corrected chi connectivity index (χ2v) is 3.35. The van der Waals surface area contributed by atoms with Crippen molar-refractivity contribution in [2.75, 3.05) is 0 Å². The molecule has 0 fully saturated rings. The van der Waals surface area contributed by atoms with Gasteiger partial charge in [-0.1, -0.05) is 0 Å². The van der Waals surface area contributed by atoms with Crippen LogP contribution < -0.4 is 0 Å². The van der Waals surface area contributed by atoms with Crippen molar-refractivity contribution < 1.29 is 5.11 Å². The van der Waals surface area contributed by atoms with E-state index in [0.29, 0.717) is 5.75 Å². The maximum absolute atomic E-state index is 9.31. The summed E-state index contributed by atoms with van der Waals surface area (Å²) in [4.78, 5) is 4.13. The molecule has 0 atom stereocenters. The molecule has 3 heteroatoms. The Morgan fingerprint density at radius 3 is 3.09 bits per heavy atom. The lowest BCUT2D eigenvalue weighted by molar-refractivity contribution is 0.472. The summed E-state index contributed by atoms with van der Waals surface area (Å²) in [6.45, 7) is 1.87. The molecule has 0 aliphatic rings. The van der Waals surface area contributed by atoms with Crippen molar-refractivity contribution in [3.05, 3.63) is 23.2 Å². The van der Waals surface area contributed by atoms with Crippen LogP contribution in [0.2, 0.25) is 0 Å². The third-order valence-corrected chi connectivity index (χ3v) is 2.44. The van der Waals surface area contributed by atoms with Gasteiger partial charge in [-0.25, -0.2) is 4.98 Å². The average Bonchev–Trinajstić information content (AvgIpc) is 2.36. The van der Waals surface area contributed by atoms with Crippen LogP contribution in [0.1, 0.15) is 5.56 Å². The molecule has 1 N–H and O–H groups in total. The Labute approximate surface area is 68.1 Å². The molecule has 0 aliphatic heterocycles. The first-order chi connectivity index (χ1) is 5.27. The second-order valence-electron chi connectivity index (χ2n) is 2.46. The summed E-state index contributed by atoms with van der Waals surface area (Å²) in [6, 6.07) is 3.64. The van der Waals surface area contributed by atoms with Crippen molar-refractivity contribution in [2.45, 2.75) is 6.92 Å². The molecule has 11 heavy (non-hydrogen) atoms. The molecule has 0 saturated heterocycles. The Hall–Kier alpha value is -1.09. The summed E-state index contributed by atoms with van der Waals surface area (Å²) in [5.74, 6) is 0.349. The predicted molar refractivity (Wildman–Crippen MR) is 46.0 cm³/mol. The van der Waals surface area contributed by atoms with E-state index >= 15 is 0 Å². The SMILES string of the molecule is Cc1cc2ncsc2cc1O. The fraction of sp³-hybridized carbons (Fsp3) is 0.125. The quantitative estimate of drug-likeness (QED) is 0.649. The lowest BCUT2D eigenvalue weighted by atomic mass is 10.2. The number of aryl methyl sites for hydroxylation is 1. The van der Waals surface area contributed by atoms with Crippen molar-refractivity contribution in [3.8, 4) is 5.75 Å². The number of nitrogens with zero attached hydrogens (tertiary/aromatic N) is 1. The van der Waals surface area contributed by atoms with E-state index in [1.807, 2.05) is 13.0 Å².